The molecular weight excluding hydrogens is 266 g/mol. The van der Waals surface area contributed by atoms with E-state index in [0.717, 1.165) is 10.9 Å². The summed E-state index contributed by atoms with van der Waals surface area (Å²) in [5.41, 5.74) is 12.3. The van der Waals surface area contributed by atoms with Crippen LogP contribution in [0.2, 0.25) is 0 Å². The highest BCUT2D eigenvalue weighted by atomic mass is 16.5. The number of ether oxygens (including phenoxy) is 1. The molecule has 0 saturated heterocycles. The first-order valence-corrected chi connectivity index (χ1v) is 6.36. The lowest BCUT2D eigenvalue weighted by atomic mass is 10.1. The molecule has 0 fully saturated rings. The van der Waals surface area contributed by atoms with Crippen LogP contribution >= 0.6 is 0 Å². The van der Waals surface area contributed by atoms with Gasteiger partial charge in [-0.15, -0.1) is 0 Å². The van der Waals surface area contributed by atoms with Gasteiger partial charge in [-0.05, 0) is 30.3 Å². The first kappa shape index (κ1) is 12.9. The number of fused-ring (bicyclic) bond motifs is 1. The van der Waals surface area contributed by atoms with Gasteiger partial charge in [0.25, 0.3) is 5.91 Å². The lowest BCUT2D eigenvalue weighted by molar-refractivity contribution is 0.100. The molecule has 2 aromatic carbocycles. The molecule has 104 valence electrons. The number of carbonyl (C=O) groups is 1. The number of anilines is 1. The predicted octanol–water partition coefficient (Wildman–Crippen LogP) is 2.71. The van der Waals surface area contributed by atoms with Gasteiger partial charge in [0.1, 0.15) is 11.3 Å². The zero-order chi connectivity index (χ0) is 14.8. The Hall–Kier alpha value is -3.08. The topological polar surface area (TPSA) is 91.2 Å². The monoisotopic (exact) mass is 279 g/mol. The Morgan fingerprint density at radius 1 is 1.10 bits per heavy atom. The van der Waals surface area contributed by atoms with Crippen LogP contribution in [0.5, 0.6) is 11.5 Å². The minimum Gasteiger partial charge on any atom is -0.455 e. The van der Waals surface area contributed by atoms with E-state index >= 15 is 0 Å². The SMILES string of the molecule is NC(=O)c1cc(Oc2cccc3cccnc23)ccc1N. The molecule has 4 N–H and O–H groups in total. The van der Waals surface area contributed by atoms with Gasteiger partial charge in [0, 0.05) is 17.3 Å². The summed E-state index contributed by atoms with van der Waals surface area (Å²) in [6.45, 7) is 0. The molecule has 1 amide bonds. The number of aromatic nitrogens is 1. The number of hydrogen-bond acceptors (Lipinski definition) is 4. The van der Waals surface area contributed by atoms with Crippen LogP contribution in [0.4, 0.5) is 5.69 Å². The highest BCUT2D eigenvalue weighted by molar-refractivity contribution is 5.98. The van der Waals surface area contributed by atoms with Gasteiger partial charge in [-0.2, -0.15) is 0 Å². The fraction of sp³-hybridized carbons (Fsp3) is 0. The van der Waals surface area contributed by atoms with Gasteiger partial charge in [0.2, 0.25) is 0 Å². The average Bonchev–Trinajstić information content (AvgIpc) is 2.49. The van der Waals surface area contributed by atoms with Crippen LogP contribution in [-0.4, -0.2) is 10.9 Å². The molecule has 3 aromatic rings. The van der Waals surface area contributed by atoms with Crippen molar-refractivity contribution in [2.24, 2.45) is 5.73 Å². The van der Waals surface area contributed by atoms with E-state index in [9.17, 15) is 4.79 Å². The van der Waals surface area contributed by atoms with Crippen LogP contribution in [0.15, 0.2) is 54.7 Å². The van der Waals surface area contributed by atoms with Gasteiger partial charge in [0.05, 0.1) is 5.56 Å². The number of nitrogens with zero attached hydrogens (tertiary/aromatic N) is 1. The van der Waals surface area contributed by atoms with E-state index in [1.54, 1.807) is 18.3 Å². The number of rotatable bonds is 3. The lowest BCUT2D eigenvalue weighted by Crippen LogP contribution is -2.13. The molecule has 0 radical (unpaired) electrons. The molecule has 1 heterocycles. The second-order valence-corrected chi connectivity index (χ2v) is 4.55. The van der Waals surface area contributed by atoms with E-state index in [0.29, 0.717) is 17.2 Å². The Morgan fingerprint density at radius 2 is 1.90 bits per heavy atom. The number of hydrogen-bond donors (Lipinski definition) is 2. The van der Waals surface area contributed by atoms with E-state index in [1.807, 2.05) is 30.3 Å². The summed E-state index contributed by atoms with van der Waals surface area (Å²) >= 11 is 0. The van der Waals surface area contributed by atoms with Crippen molar-refractivity contribution < 1.29 is 9.53 Å². The van der Waals surface area contributed by atoms with Gasteiger partial charge >= 0.3 is 0 Å². The Bertz CT molecular complexity index is 825. The number of benzene rings is 2. The number of primary amides is 1. The maximum absolute atomic E-state index is 11.3. The zero-order valence-electron chi connectivity index (χ0n) is 11.1. The van der Waals surface area contributed by atoms with E-state index < -0.39 is 5.91 Å². The highest BCUT2D eigenvalue weighted by Gasteiger charge is 2.09. The smallest absolute Gasteiger partial charge is 0.250 e. The highest BCUT2D eigenvalue weighted by Crippen LogP contribution is 2.29. The number of carbonyl (C=O) groups excluding carboxylic acids is 1. The van der Waals surface area contributed by atoms with Crippen LogP contribution in [-0.2, 0) is 0 Å². The Balaban J connectivity index is 2.03. The second kappa shape index (κ2) is 5.13. The number of nitrogens with two attached hydrogens (primary N) is 2. The maximum Gasteiger partial charge on any atom is 0.250 e. The van der Waals surface area contributed by atoms with Crippen molar-refractivity contribution in [3.8, 4) is 11.5 Å². The summed E-state index contributed by atoms with van der Waals surface area (Å²) in [6.07, 6.45) is 1.70. The normalized spacial score (nSPS) is 10.5. The van der Waals surface area contributed by atoms with E-state index in [2.05, 4.69) is 4.98 Å². The lowest BCUT2D eigenvalue weighted by Gasteiger charge is -2.10. The Labute approximate surface area is 121 Å². The quantitative estimate of drug-likeness (QED) is 0.721. The third-order valence-electron chi connectivity index (χ3n) is 3.11. The molecule has 0 aliphatic heterocycles. The molecule has 1 aromatic heterocycles. The number of pyridine rings is 1. The molecule has 5 heteroatoms. The molecule has 3 rings (SSSR count). The number of nitrogen functional groups attached to an aromatic ring is 1. The van der Waals surface area contributed by atoms with Crippen molar-refractivity contribution in [3.63, 3.8) is 0 Å². The summed E-state index contributed by atoms with van der Waals surface area (Å²) in [5, 5.41) is 0.973. The summed E-state index contributed by atoms with van der Waals surface area (Å²) in [7, 11) is 0. The van der Waals surface area contributed by atoms with Crippen LogP contribution in [0.3, 0.4) is 0 Å². The first-order valence-electron chi connectivity index (χ1n) is 6.36. The standard InChI is InChI=1S/C16H13N3O2/c17-13-7-6-11(9-12(13)16(18)20)21-14-5-1-3-10-4-2-8-19-15(10)14/h1-9H,17H2,(H2,18,20). The van der Waals surface area contributed by atoms with Gasteiger partial charge in [0.15, 0.2) is 5.75 Å². The number of amides is 1. The summed E-state index contributed by atoms with van der Waals surface area (Å²) in [6, 6.07) is 14.3. The third kappa shape index (κ3) is 2.49. The second-order valence-electron chi connectivity index (χ2n) is 4.55. The van der Waals surface area contributed by atoms with E-state index in [-0.39, 0.29) is 5.56 Å². The summed E-state index contributed by atoms with van der Waals surface area (Å²) in [5.74, 6) is 0.499. The Morgan fingerprint density at radius 3 is 2.71 bits per heavy atom. The third-order valence-corrected chi connectivity index (χ3v) is 3.11. The molecular formula is C16H13N3O2. The fourth-order valence-electron chi connectivity index (χ4n) is 2.10. The minimum atomic E-state index is -0.589. The van der Waals surface area contributed by atoms with Crippen molar-refractivity contribution >= 4 is 22.5 Å². The largest absolute Gasteiger partial charge is 0.455 e. The minimum absolute atomic E-state index is 0.237. The van der Waals surface area contributed by atoms with Crippen LogP contribution < -0.4 is 16.2 Å². The summed E-state index contributed by atoms with van der Waals surface area (Å²) in [4.78, 5) is 15.6. The molecule has 0 atom stereocenters. The van der Waals surface area contributed by atoms with Gasteiger partial charge in [-0.3, -0.25) is 9.78 Å². The van der Waals surface area contributed by atoms with Crippen molar-refractivity contribution in [1.29, 1.82) is 0 Å². The van der Waals surface area contributed by atoms with Crippen molar-refractivity contribution in [2.45, 2.75) is 0 Å². The van der Waals surface area contributed by atoms with Crippen LogP contribution in [0.1, 0.15) is 10.4 Å². The fourth-order valence-corrected chi connectivity index (χ4v) is 2.10. The Kier molecular flexibility index (Phi) is 3.16. The van der Waals surface area contributed by atoms with E-state index in [4.69, 9.17) is 16.2 Å². The molecule has 21 heavy (non-hydrogen) atoms. The van der Waals surface area contributed by atoms with Crippen LogP contribution in [0, 0.1) is 0 Å². The van der Waals surface area contributed by atoms with Crippen molar-refractivity contribution in [3.05, 3.63) is 60.3 Å². The van der Waals surface area contributed by atoms with Gasteiger partial charge in [-0.1, -0.05) is 18.2 Å². The average molecular weight is 279 g/mol. The molecule has 0 aliphatic rings. The molecule has 0 bridgehead atoms. The summed E-state index contributed by atoms with van der Waals surface area (Å²) < 4.78 is 5.81. The molecule has 0 unspecified atom stereocenters. The van der Waals surface area contributed by atoms with Crippen LogP contribution in [0.25, 0.3) is 10.9 Å². The molecule has 0 saturated carbocycles. The van der Waals surface area contributed by atoms with Crippen molar-refractivity contribution in [1.82, 2.24) is 4.98 Å². The maximum atomic E-state index is 11.3. The van der Waals surface area contributed by atoms with E-state index in [1.165, 1.54) is 6.07 Å². The predicted molar refractivity (Wildman–Crippen MR) is 81.2 cm³/mol. The number of para-hydroxylation sites is 1. The molecule has 5 nitrogen and oxygen atoms in total. The zero-order valence-corrected chi connectivity index (χ0v) is 11.1. The van der Waals surface area contributed by atoms with Gasteiger partial charge < -0.3 is 16.2 Å². The molecule has 0 aliphatic carbocycles. The first-order chi connectivity index (χ1) is 10.1. The van der Waals surface area contributed by atoms with Crippen molar-refractivity contribution in [2.75, 3.05) is 5.73 Å². The molecule has 0 spiro atoms. The van der Waals surface area contributed by atoms with Gasteiger partial charge in [-0.25, -0.2) is 0 Å².